The summed E-state index contributed by atoms with van der Waals surface area (Å²) in [6, 6.07) is 9.91. The molecule has 0 saturated heterocycles. The molecule has 0 saturated carbocycles. The maximum Gasteiger partial charge on any atom is 0.176 e. The van der Waals surface area contributed by atoms with Gasteiger partial charge in [-0.15, -0.1) is 0 Å². The summed E-state index contributed by atoms with van der Waals surface area (Å²) in [5, 5.41) is 0.294. The highest BCUT2D eigenvalue weighted by molar-refractivity contribution is 7.84. The minimum absolute atomic E-state index is 0.294. The lowest BCUT2D eigenvalue weighted by atomic mass is 10.2. The average Bonchev–Trinajstić information content (AvgIpc) is 2.06. The molecule has 0 radical (unpaired) electrons. The van der Waals surface area contributed by atoms with Crippen LogP contribution < -0.4 is 5.73 Å². The van der Waals surface area contributed by atoms with Gasteiger partial charge in [0.05, 0.1) is 6.54 Å². The molecule has 1 aromatic rings. The van der Waals surface area contributed by atoms with E-state index >= 15 is 0 Å². The van der Waals surface area contributed by atoms with Gasteiger partial charge in [0, 0.05) is 0 Å². The highest BCUT2D eigenvalue weighted by Crippen LogP contribution is 2.05. The van der Waals surface area contributed by atoms with Gasteiger partial charge in [0.25, 0.3) is 0 Å². The molecule has 0 bridgehead atoms. The van der Waals surface area contributed by atoms with Crippen LogP contribution in [0.2, 0.25) is 0 Å². The minimum Gasteiger partial charge on any atom is -0.375 e. The predicted octanol–water partition coefficient (Wildman–Crippen LogP) is 1.58. The van der Waals surface area contributed by atoms with Gasteiger partial charge in [-0.3, -0.25) is 4.31 Å². The van der Waals surface area contributed by atoms with E-state index in [9.17, 15) is 0 Å². The summed E-state index contributed by atoms with van der Waals surface area (Å²) < 4.78 is 1.53. The molecule has 12 heavy (non-hydrogen) atoms. The van der Waals surface area contributed by atoms with Crippen LogP contribution in [0, 0.1) is 0 Å². The van der Waals surface area contributed by atoms with Crippen molar-refractivity contribution >= 4 is 30.1 Å². The largest absolute Gasteiger partial charge is 0.375 e. The van der Waals surface area contributed by atoms with Crippen LogP contribution >= 0.6 is 25.0 Å². The SMILES string of the molecule is NC(=S)N(S)Cc1ccccc1. The summed E-state index contributed by atoms with van der Waals surface area (Å²) in [6.07, 6.45) is 0. The molecule has 0 atom stereocenters. The van der Waals surface area contributed by atoms with Crippen LogP contribution in [0.25, 0.3) is 0 Å². The van der Waals surface area contributed by atoms with Gasteiger partial charge in [-0.05, 0) is 17.8 Å². The van der Waals surface area contributed by atoms with Gasteiger partial charge in [0.2, 0.25) is 0 Å². The van der Waals surface area contributed by atoms with Crippen LogP contribution in [0.5, 0.6) is 0 Å². The Bertz CT molecular complexity index is 261. The monoisotopic (exact) mass is 198 g/mol. The standard InChI is InChI=1S/C8H10N2S2/c9-8(11)10(12)6-7-4-2-1-3-5-7/h1-5,12H,6H2,(H2,9,11). The third kappa shape index (κ3) is 2.71. The summed E-state index contributed by atoms with van der Waals surface area (Å²) in [4.78, 5) is 0. The van der Waals surface area contributed by atoms with Crippen molar-refractivity contribution in [3.63, 3.8) is 0 Å². The number of nitrogens with two attached hydrogens (primary N) is 1. The molecule has 0 aromatic heterocycles. The molecule has 0 heterocycles. The molecule has 0 unspecified atom stereocenters. The van der Waals surface area contributed by atoms with E-state index in [4.69, 9.17) is 18.0 Å². The van der Waals surface area contributed by atoms with E-state index in [2.05, 4.69) is 12.8 Å². The molecule has 4 heteroatoms. The van der Waals surface area contributed by atoms with Crippen LogP contribution in [0.3, 0.4) is 0 Å². The Balaban J connectivity index is 2.58. The van der Waals surface area contributed by atoms with Crippen molar-refractivity contribution < 1.29 is 0 Å². The smallest absolute Gasteiger partial charge is 0.176 e. The first kappa shape index (κ1) is 9.35. The van der Waals surface area contributed by atoms with Gasteiger partial charge in [-0.2, -0.15) is 0 Å². The fourth-order valence-electron chi connectivity index (χ4n) is 0.834. The Kier molecular flexibility index (Phi) is 3.37. The summed E-state index contributed by atoms with van der Waals surface area (Å²) >= 11 is 8.85. The van der Waals surface area contributed by atoms with Crippen molar-refractivity contribution in [2.45, 2.75) is 6.54 Å². The fourth-order valence-corrected chi connectivity index (χ4v) is 1.06. The van der Waals surface area contributed by atoms with Gasteiger partial charge in [0.15, 0.2) is 5.11 Å². The van der Waals surface area contributed by atoms with Crippen molar-refractivity contribution in [1.82, 2.24) is 4.31 Å². The first-order valence-electron chi connectivity index (χ1n) is 3.50. The van der Waals surface area contributed by atoms with E-state index in [0.29, 0.717) is 11.7 Å². The number of hydrogen-bond donors (Lipinski definition) is 2. The molecule has 0 aliphatic rings. The van der Waals surface area contributed by atoms with Gasteiger partial charge in [-0.1, -0.05) is 43.1 Å². The van der Waals surface area contributed by atoms with E-state index in [0.717, 1.165) is 5.56 Å². The Labute approximate surface area is 82.9 Å². The lowest BCUT2D eigenvalue weighted by molar-refractivity contribution is 0.684. The highest BCUT2D eigenvalue weighted by Gasteiger charge is 2.00. The first-order chi connectivity index (χ1) is 5.70. The Morgan fingerprint density at radius 1 is 1.42 bits per heavy atom. The number of nitrogens with zero attached hydrogens (tertiary/aromatic N) is 1. The molecule has 1 rings (SSSR count). The van der Waals surface area contributed by atoms with E-state index in [1.165, 1.54) is 4.31 Å². The van der Waals surface area contributed by atoms with E-state index in [1.807, 2.05) is 30.3 Å². The van der Waals surface area contributed by atoms with E-state index < -0.39 is 0 Å². The third-order valence-electron chi connectivity index (χ3n) is 1.43. The highest BCUT2D eigenvalue weighted by atomic mass is 32.1. The summed E-state index contributed by atoms with van der Waals surface area (Å²) in [5.74, 6) is 0. The number of thiocarbonyl (C=S) groups is 1. The second-order valence-corrected chi connectivity index (χ2v) is 3.28. The van der Waals surface area contributed by atoms with E-state index in [-0.39, 0.29) is 0 Å². The lowest BCUT2D eigenvalue weighted by Gasteiger charge is -2.14. The molecule has 2 N–H and O–H groups in total. The number of rotatable bonds is 2. The molecule has 2 nitrogen and oxygen atoms in total. The van der Waals surface area contributed by atoms with Crippen LogP contribution in [-0.2, 0) is 6.54 Å². The Morgan fingerprint density at radius 2 is 2.00 bits per heavy atom. The molecule has 0 aliphatic heterocycles. The Hall–Kier alpha value is -0.740. The van der Waals surface area contributed by atoms with Crippen molar-refractivity contribution in [1.29, 1.82) is 0 Å². The van der Waals surface area contributed by atoms with Gasteiger partial charge in [0.1, 0.15) is 0 Å². The van der Waals surface area contributed by atoms with Crippen LogP contribution in [0.15, 0.2) is 30.3 Å². The van der Waals surface area contributed by atoms with Gasteiger partial charge < -0.3 is 5.73 Å². The minimum atomic E-state index is 0.294. The first-order valence-corrected chi connectivity index (χ1v) is 4.31. The molecule has 0 aliphatic carbocycles. The fraction of sp³-hybridized carbons (Fsp3) is 0.125. The van der Waals surface area contributed by atoms with Crippen molar-refractivity contribution in [2.75, 3.05) is 0 Å². The second-order valence-electron chi connectivity index (χ2n) is 2.38. The predicted molar refractivity (Wildman–Crippen MR) is 57.8 cm³/mol. The van der Waals surface area contributed by atoms with Gasteiger partial charge >= 0.3 is 0 Å². The number of benzene rings is 1. The summed E-state index contributed by atoms with van der Waals surface area (Å²) in [5.41, 5.74) is 6.50. The normalized spacial score (nSPS) is 9.42. The van der Waals surface area contributed by atoms with Crippen LogP contribution in [0.1, 0.15) is 5.56 Å². The average molecular weight is 198 g/mol. The second kappa shape index (κ2) is 4.33. The maximum atomic E-state index is 5.36. The van der Waals surface area contributed by atoms with Crippen molar-refractivity contribution in [3.05, 3.63) is 35.9 Å². The molecule has 0 amide bonds. The number of hydrogen-bond acceptors (Lipinski definition) is 2. The van der Waals surface area contributed by atoms with Crippen molar-refractivity contribution in [2.24, 2.45) is 5.73 Å². The quantitative estimate of drug-likeness (QED) is 0.558. The third-order valence-corrected chi connectivity index (χ3v) is 2.14. The summed E-state index contributed by atoms with van der Waals surface area (Å²) in [6.45, 7) is 0.638. The molecule has 1 aromatic carbocycles. The molecule has 0 fully saturated rings. The lowest BCUT2D eigenvalue weighted by Crippen LogP contribution is -2.26. The zero-order valence-corrected chi connectivity index (χ0v) is 8.18. The zero-order valence-electron chi connectivity index (χ0n) is 6.47. The van der Waals surface area contributed by atoms with Crippen LogP contribution in [-0.4, -0.2) is 9.42 Å². The molecular formula is C8H10N2S2. The topological polar surface area (TPSA) is 29.3 Å². The van der Waals surface area contributed by atoms with E-state index in [1.54, 1.807) is 0 Å². The van der Waals surface area contributed by atoms with Crippen molar-refractivity contribution in [3.8, 4) is 0 Å². The summed E-state index contributed by atoms with van der Waals surface area (Å²) in [7, 11) is 0. The van der Waals surface area contributed by atoms with Gasteiger partial charge in [-0.25, -0.2) is 0 Å². The number of thiol groups is 1. The zero-order chi connectivity index (χ0) is 8.97. The molecular weight excluding hydrogens is 188 g/mol. The maximum absolute atomic E-state index is 5.36. The molecule has 0 spiro atoms. The Morgan fingerprint density at radius 3 is 2.50 bits per heavy atom. The van der Waals surface area contributed by atoms with Crippen LogP contribution in [0.4, 0.5) is 0 Å². The molecule has 64 valence electrons.